The van der Waals surface area contributed by atoms with Gasteiger partial charge in [-0.3, -0.25) is 9.59 Å². The Kier molecular flexibility index (Phi) is 4.18. The summed E-state index contributed by atoms with van der Waals surface area (Å²) in [6.45, 7) is 2.15. The summed E-state index contributed by atoms with van der Waals surface area (Å²) < 4.78 is 0. The number of carbonyl (C=O) groups is 2. The second-order valence-electron chi connectivity index (χ2n) is 6.74. The van der Waals surface area contributed by atoms with E-state index in [9.17, 15) is 9.59 Å². The molecule has 2 amide bonds. The quantitative estimate of drug-likeness (QED) is 0.891. The molecule has 6 heteroatoms. The SMILES string of the molecule is O=C(NCc1cccs1)[C@H]1C[C@@]12CCN(C(=O)Cc1cccs1)C2. The van der Waals surface area contributed by atoms with Crippen LogP contribution in [0.3, 0.4) is 0 Å². The molecule has 1 N–H and O–H groups in total. The van der Waals surface area contributed by atoms with Gasteiger partial charge in [0.1, 0.15) is 0 Å². The second-order valence-corrected chi connectivity index (χ2v) is 8.80. The number of thiophene rings is 2. The van der Waals surface area contributed by atoms with Crippen molar-refractivity contribution in [1.82, 2.24) is 10.2 Å². The van der Waals surface area contributed by atoms with Crippen molar-refractivity contribution in [2.24, 2.45) is 11.3 Å². The van der Waals surface area contributed by atoms with Gasteiger partial charge in [-0.15, -0.1) is 22.7 Å². The molecule has 4 nitrogen and oxygen atoms in total. The van der Waals surface area contributed by atoms with Gasteiger partial charge in [-0.2, -0.15) is 0 Å². The Hall–Kier alpha value is -1.66. The molecule has 1 saturated heterocycles. The van der Waals surface area contributed by atoms with E-state index < -0.39 is 0 Å². The predicted molar refractivity (Wildman–Crippen MR) is 95.9 cm³/mol. The van der Waals surface area contributed by atoms with Crippen molar-refractivity contribution < 1.29 is 9.59 Å². The maximum absolute atomic E-state index is 12.4. The first-order valence-electron chi connectivity index (χ1n) is 8.27. The van der Waals surface area contributed by atoms with Crippen LogP contribution in [0.1, 0.15) is 22.6 Å². The first-order valence-corrected chi connectivity index (χ1v) is 10.0. The van der Waals surface area contributed by atoms with Gasteiger partial charge in [0.25, 0.3) is 0 Å². The normalized spacial score (nSPS) is 25.2. The van der Waals surface area contributed by atoms with E-state index in [0.29, 0.717) is 13.0 Å². The summed E-state index contributed by atoms with van der Waals surface area (Å²) >= 11 is 3.29. The van der Waals surface area contributed by atoms with Crippen LogP contribution in [-0.4, -0.2) is 29.8 Å². The highest BCUT2D eigenvalue weighted by atomic mass is 32.1. The van der Waals surface area contributed by atoms with Crippen LogP contribution in [0.25, 0.3) is 0 Å². The van der Waals surface area contributed by atoms with Crippen LogP contribution in [0.2, 0.25) is 0 Å². The number of carbonyl (C=O) groups excluding carboxylic acids is 2. The van der Waals surface area contributed by atoms with Gasteiger partial charge in [-0.25, -0.2) is 0 Å². The Labute approximate surface area is 149 Å². The van der Waals surface area contributed by atoms with E-state index in [1.165, 1.54) is 4.88 Å². The molecule has 1 saturated carbocycles. The smallest absolute Gasteiger partial charge is 0.227 e. The summed E-state index contributed by atoms with van der Waals surface area (Å²) in [6.07, 6.45) is 2.37. The van der Waals surface area contributed by atoms with Crippen molar-refractivity contribution in [3.63, 3.8) is 0 Å². The maximum Gasteiger partial charge on any atom is 0.227 e. The first-order chi connectivity index (χ1) is 11.7. The average molecular weight is 361 g/mol. The van der Waals surface area contributed by atoms with Gasteiger partial charge >= 0.3 is 0 Å². The van der Waals surface area contributed by atoms with Gasteiger partial charge in [-0.05, 0) is 35.7 Å². The molecule has 2 atom stereocenters. The number of amides is 2. The molecule has 2 aromatic rings. The standard InChI is InChI=1S/C18H20N2O2S2/c21-16(9-13-3-1-7-23-13)20-6-5-18(12-20)10-15(18)17(22)19-11-14-4-2-8-24-14/h1-4,7-8,15H,5-6,9-12H2,(H,19,22)/t15-,18-/m1/s1. The minimum absolute atomic E-state index is 0.0463. The maximum atomic E-state index is 12.4. The van der Waals surface area contributed by atoms with E-state index in [1.807, 2.05) is 39.9 Å². The lowest BCUT2D eigenvalue weighted by molar-refractivity contribution is -0.130. The number of rotatable bonds is 5. The molecule has 2 fully saturated rings. The van der Waals surface area contributed by atoms with Crippen molar-refractivity contribution in [3.05, 3.63) is 44.8 Å². The molecule has 1 aliphatic heterocycles. The van der Waals surface area contributed by atoms with Gasteiger partial charge in [0.2, 0.25) is 11.8 Å². The van der Waals surface area contributed by atoms with E-state index >= 15 is 0 Å². The average Bonchev–Trinajstić information content (AvgIpc) is 3.07. The summed E-state index contributed by atoms with van der Waals surface area (Å²) in [5.74, 6) is 0.423. The van der Waals surface area contributed by atoms with Crippen molar-refractivity contribution in [2.75, 3.05) is 13.1 Å². The molecular formula is C18H20N2O2S2. The first kappa shape index (κ1) is 15.8. The van der Waals surface area contributed by atoms with Crippen LogP contribution in [0.15, 0.2) is 35.0 Å². The van der Waals surface area contributed by atoms with Gasteiger partial charge in [-0.1, -0.05) is 12.1 Å². The zero-order valence-electron chi connectivity index (χ0n) is 13.4. The zero-order chi connectivity index (χ0) is 16.6. The Balaban J connectivity index is 1.29. The number of nitrogens with zero attached hydrogens (tertiary/aromatic N) is 1. The molecular weight excluding hydrogens is 340 g/mol. The van der Waals surface area contributed by atoms with Crippen molar-refractivity contribution in [2.45, 2.75) is 25.8 Å². The summed E-state index contributed by atoms with van der Waals surface area (Å²) in [7, 11) is 0. The van der Waals surface area contributed by atoms with Gasteiger partial charge in [0.05, 0.1) is 13.0 Å². The Morgan fingerprint density at radius 2 is 1.96 bits per heavy atom. The molecule has 2 aromatic heterocycles. The molecule has 24 heavy (non-hydrogen) atoms. The Morgan fingerprint density at radius 3 is 2.67 bits per heavy atom. The molecule has 0 radical (unpaired) electrons. The zero-order valence-corrected chi connectivity index (χ0v) is 15.0. The molecule has 2 aliphatic rings. The van der Waals surface area contributed by atoms with Crippen LogP contribution in [0.5, 0.6) is 0 Å². The monoisotopic (exact) mass is 360 g/mol. The van der Waals surface area contributed by atoms with Crippen molar-refractivity contribution in [1.29, 1.82) is 0 Å². The lowest BCUT2D eigenvalue weighted by Gasteiger charge is -2.16. The highest BCUT2D eigenvalue weighted by molar-refractivity contribution is 7.10. The van der Waals surface area contributed by atoms with Crippen molar-refractivity contribution >= 4 is 34.5 Å². The fraction of sp³-hybridized carbons (Fsp3) is 0.444. The van der Waals surface area contributed by atoms with Crippen LogP contribution < -0.4 is 5.32 Å². The lowest BCUT2D eigenvalue weighted by Crippen LogP contribution is -2.31. The number of likely N-dealkylation sites (tertiary alicyclic amines) is 1. The predicted octanol–water partition coefficient (Wildman–Crippen LogP) is 2.91. The van der Waals surface area contributed by atoms with Crippen LogP contribution >= 0.6 is 22.7 Å². The molecule has 4 rings (SSSR count). The topological polar surface area (TPSA) is 49.4 Å². The third kappa shape index (κ3) is 3.13. The third-order valence-electron chi connectivity index (χ3n) is 5.17. The second kappa shape index (κ2) is 6.33. The molecule has 126 valence electrons. The summed E-state index contributed by atoms with van der Waals surface area (Å²) in [5, 5.41) is 7.07. The highest BCUT2D eigenvalue weighted by Gasteiger charge is 2.61. The summed E-state index contributed by atoms with van der Waals surface area (Å²) in [6, 6.07) is 8.02. The highest BCUT2D eigenvalue weighted by Crippen LogP contribution is 2.58. The number of nitrogens with one attached hydrogen (secondary N) is 1. The van der Waals surface area contributed by atoms with Gasteiger partial charge in [0.15, 0.2) is 0 Å². The van der Waals surface area contributed by atoms with Gasteiger partial charge < -0.3 is 10.2 Å². The fourth-order valence-electron chi connectivity index (χ4n) is 3.66. The Bertz CT molecular complexity index is 726. The van der Waals surface area contributed by atoms with E-state index in [4.69, 9.17) is 0 Å². The third-order valence-corrected chi connectivity index (χ3v) is 6.92. The van der Waals surface area contributed by atoms with E-state index in [0.717, 1.165) is 30.8 Å². The van der Waals surface area contributed by atoms with Crippen LogP contribution in [0.4, 0.5) is 0 Å². The summed E-state index contributed by atoms with van der Waals surface area (Å²) in [4.78, 5) is 29.0. The largest absolute Gasteiger partial charge is 0.351 e. The lowest BCUT2D eigenvalue weighted by atomic mass is 10.0. The molecule has 3 heterocycles. The van der Waals surface area contributed by atoms with E-state index in [1.54, 1.807) is 22.7 Å². The summed E-state index contributed by atoms with van der Waals surface area (Å²) in [5.41, 5.74) is 0.0463. The molecule has 0 aromatic carbocycles. The Morgan fingerprint density at radius 1 is 1.21 bits per heavy atom. The molecule has 1 aliphatic carbocycles. The number of hydrogen-bond acceptors (Lipinski definition) is 4. The van der Waals surface area contributed by atoms with Crippen LogP contribution in [0, 0.1) is 11.3 Å². The fourth-order valence-corrected chi connectivity index (χ4v) is 5.00. The minimum Gasteiger partial charge on any atom is -0.351 e. The molecule has 1 spiro atoms. The number of hydrogen-bond donors (Lipinski definition) is 1. The molecule has 0 bridgehead atoms. The molecule has 0 unspecified atom stereocenters. The van der Waals surface area contributed by atoms with Crippen molar-refractivity contribution in [3.8, 4) is 0 Å². The van der Waals surface area contributed by atoms with E-state index in [-0.39, 0.29) is 23.1 Å². The van der Waals surface area contributed by atoms with Crippen LogP contribution in [-0.2, 0) is 22.6 Å². The van der Waals surface area contributed by atoms with Gasteiger partial charge in [0, 0.05) is 34.2 Å². The minimum atomic E-state index is 0.0463. The van der Waals surface area contributed by atoms with E-state index in [2.05, 4.69) is 5.32 Å².